The molecule has 7 heteroatoms. The zero-order chi connectivity index (χ0) is 14.5. The molecule has 0 atom stereocenters. The smallest absolute Gasteiger partial charge is 0.376 e. The number of hydrogen-bond donors (Lipinski definition) is 2. The number of benzene rings is 1. The number of amides is 1. The molecule has 4 nitrogen and oxygen atoms in total. The van der Waals surface area contributed by atoms with E-state index in [9.17, 15) is 18.0 Å². The average molecular weight is 271 g/mol. The Morgan fingerprint density at radius 1 is 1.42 bits per heavy atom. The van der Waals surface area contributed by atoms with Gasteiger partial charge in [-0.15, -0.1) is 0 Å². The first-order valence-electron chi connectivity index (χ1n) is 5.40. The molecule has 19 heavy (non-hydrogen) atoms. The highest BCUT2D eigenvalue weighted by molar-refractivity contribution is 5.81. The molecule has 0 bridgehead atoms. The van der Waals surface area contributed by atoms with Crippen molar-refractivity contribution in [2.24, 2.45) is 0 Å². The van der Waals surface area contributed by atoms with Gasteiger partial charge < -0.3 is 10.6 Å². The van der Waals surface area contributed by atoms with Crippen LogP contribution in [0.25, 0.3) is 0 Å². The second kappa shape index (κ2) is 6.09. The number of alkyl halides is 3. The van der Waals surface area contributed by atoms with Gasteiger partial charge in [0.1, 0.15) is 6.54 Å². The van der Waals surface area contributed by atoms with E-state index in [0.29, 0.717) is 11.3 Å². The lowest BCUT2D eigenvalue weighted by Gasteiger charge is -2.11. The molecule has 0 aromatic heterocycles. The van der Waals surface area contributed by atoms with Crippen LogP contribution >= 0.6 is 0 Å². The second-order valence-electron chi connectivity index (χ2n) is 3.89. The first-order valence-corrected chi connectivity index (χ1v) is 5.40. The van der Waals surface area contributed by atoms with Crippen molar-refractivity contribution in [3.63, 3.8) is 0 Å². The molecular formula is C12H12F3N3O. The molecule has 0 saturated heterocycles. The Bertz CT molecular complexity index is 506. The summed E-state index contributed by atoms with van der Waals surface area (Å²) >= 11 is 0. The van der Waals surface area contributed by atoms with Crippen LogP contribution < -0.4 is 10.6 Å². The topological polar surface area (TPSA) is 64.9 Å². The summed E-state index contributed by atoms with van der Waals surface area (Å²) in [6.45, 7) is 0.119. The number of carbonyl (C=O) groups excluding carboxylic acids is 1. The van der Waals surface area contributed by atoms with E-state index in [1.165, 1.54) is 6.07 Å². The predicted molar refractivity (Wildman–Crippen MR) is 63.4 cm³/mol. The van der Waals surface area contributed by atoms with Crippen molar-refractivity contribution < 1.29 is 18.0 Å². The summed E-state index contributed by atoms with van der Waals surface area (Å²) in [6, 6.07) is 6.78. The molecule has 0 aliphatic rings. The first kappa shape index (κ1) is 14.8. The standard InChI is InChI=1S/C12H12F3N3O/c1-8-2-3-9(5-16)4-10(8)17-6-11(19)18-7-12(13,14)15/h2-4,17H,6-7H2,1H3,(H,18,19). The normalized spacial score (nSPS) is 10.7. The number of nitrogens with one attached hydrogen (secondary N) is 2. The Hall–Kier alpha value is -2.23. The molecule has 0 saturated carbocycles. The number of anilines is 1. The van der Waals surface area contributed by atoms with E-state index < -0.39 is 18.6 Å². The molecule has 0 spiro atoms. The summed E-state index contributed by atoms with van der Waals surface area (Å²) in [5.41, 5.74) is 1.74. The van der Waals surface area contributed by atoms with Gasteiger partial charge in [-0.05, 0) is 24.6 Å². The quantitative estimate of drug-likeness (QED) is 0.879. The molecule has 0 heterocycles. The van der Waals surface area contributed by atoms with Crippen LogP contribution in [0.5, 0.6) is 0 Å². The fourth-order valence-electron chi connectivity index (χ4n) is 1.32. The summed E-state index contributed by atoms with van der Waals surface area (Å²) in [5, 5.41) is 13.2. The number of hydrogen-bond acceptors (Lipinski definition) is 3. The lowest BCUT2D eigenvalue weighted by atomic mass is 10.1. The molecule has 0 aliphatic heterocycles. The summed E-state index contributed by atoms with van der Waals surface area (Å²) in [6.07, 6.45) is -4.42. The number of nitrogens with zero attached hydrogens (tertiary/aromatic N) is 1. The van der Waals surface area contributed by atoms with E-state index in [2.05, 4.69) is 5.32 Å². The SMILES string of the molecule is Cc1ccc(C#N)cc1NCC(=O)NCC(F)(F)F. The van der Waals surface area contributed by atoms with Gasteiger partial charge in [-0.2, -0.15) is 18.4 Å². The van der Waals surface area contributed by atoms with Crippen LogP contribution in [-0.2, 0) is 4.79 Å². The van der Waals surface area contributed by atoms with Gasteiger partial charge in [0.05, 0.1) is 18.2 Å². The summed E-state index contributed by atoms with van der Waals surface area (Å²) in [5.74, 6) is -0.765. The van der Waals surface area contributed by atoms with Crippen molar-refractivity contribution in [1.29, 1.82) is 5.26 Å². The van der Waals surface area contributed by atoms with Gasteiger partial charge in [0.15, 0.2) is 0 Å². The molecule has 0 fully saturated rings. The van der Waals surface area contributed by atoms with Crippen molar-refractivity contribution >= 4 is 11.6 Å². The highest BCUT2D eigenvalue weighted by Crippen LogP contribution is 2.16. The third-order valence-corrected chi connectivity index (χ3v) is 2.29. The number of nitriles is 1. The highest BCUT2D eigenvalue weighted by Gasteiger charge is 2.27. The Balaban J connectivity index is 2.53. The molecule has 0 radical (unpaired) electrons. The predicted octanol–water partition coefficient (Wildman–Crippen LogP) is 1.96. The zero-order valence-corrected chi connectivity index (χ0v) is 10.1. The Labute approximate surface area is 108 Å². The number of halogens is 3. The van der Waals surface area contributed by atoms with Gasteiger partial charge in [-0.25, -0.2) is 0 Å². The van der Waals surface area contributed by atoms with E-state index in [1.54, 1.807) is 24.4 Å². The minimum atomic E-state index is -4.42. The van der Waals surface area contributed by atoms with Crippen molar-refractivity contribution in [2.45, 2.75) is 13.1 Å². The zero-order valence-electron chi connectivity index (χ0n) is 10.1. The number of aryl methyl sites for hydroxylation is 1. The summed E-state index contributed by atoms with van der Waals surface area (Å²) in [7, 11) is 0. The fraction of sp³-hybridized carbons (Fsp3) is 0.333. The average Bonchev–Trinajstić information content (AvgIpc) is 2.34. The largest absolute Gasteiger partial charge is 0.405 e. The van der Waals surface area contributed by atoms with E-state index in [-0.39, 0.29) is 6.54 Å². The lowest BCUT2D eigenvalue weighted by molar-refractivity contribution is -0.137. The van der Waals surface area contributed by atoms with Crippen LogP contribution in [0.4, 0.5) is 18.9 Å². The Morgan fingerprint density at radius 3 is 2.68 bits per heavy atom. The molecular weight excluding hydrogens is 259 g/mol. The summed E-state index contributed by atoms with van der Waals surface area (Å²) < 4.78 is 35.6. The molecule has 102 valence electrons. The van der Waals surface area contributed by atoms with Gasteiger partial charge in [-0.3, -0.25) is 4.79 Å². The van der Waals surface area contributed by atoms with Crippen LogP contribution in [0.3, 0.4) is 0 Å². The van der Waals surface area contributed by atoms with E-state index in [1.807, 2.05) is 6.07 Å². The minimum Gasteiger partial charge on any atom is -0.376 e. The maximum Gasteiger partial charge on any atom is 0.405 e. The van der Waals surface area contributed by atoms with Gasteiger partial charge in [0, 0.05) is 5.69 Å². The van der Waals surface area contributed by atoms with Crippen molar-refractivity contribution in [3.8, 4) is 6.07 Å². The molecule has 0 aliphatic carbocycles. The molecule has 2 N–H and O–H groups in total. The van der Waals surface area contributed by atoms with Crippen LogP contribution in [0.1, 0.15) is 11.1 Å². The van der Waals surface area contributed by atoms with Crippen molar-refractivity contribution in [3.05, 3.63) is 29.3 Å². The molecule has 1 aromatic carbocycles. The highest BCUT2D eigenvalue weighted by atomic mass is 19.4. The maximum atomic E-state index is 11.9. The second-order valence-corrected chi connectivity index (χ2v) is 3.89. The molecule has 1 rings (SSSR count). The number of rotatable bonds is 4. The van der Waals surface area contributed by atoms with Gasteiger partial charge in [0.25, 0.3) is 0 Å². The first-order chi connectivity index (χ1) is 8.81. The maximum absolute atomic E-state index is 11.9. The third kappa shape index (κ3) is 5.29. The Morgan fingerprint density at radius 2 is 2.11 bits per heavy atom. The van der Waals surface area contributed by atoms with Gasteiger partial charge in [0.2, 0.25) is 5.91 Å². The van der Waals surface area contributed by atoms with Crippen molar-refractivity contribution in [1.82, 2.24) is 5.32 Å². The third-order valence-electron chi connectivity index (χ3n) is 2.29. The molecule has 1 aromatic rings. The Kier molecular flexibility index (Phi) is 4.75. The van der Waals surface area contributed by atoms with Crippen LogP contribution in [0, 0.1) is 18.3 Å². The van der Waals surface area contributed by atoms with E-state index in [4.69, 9.17) is 5.26 Å². The molecule has 0 unspecified atom stereocenters. The van der Waals surface area contributed by atoms with Crippen LogP contribution in [-0.4, -0.2) is 25.2 Å². The van der Waals surface area contributed by atoms with Crippen LogP contribution in [0.2, 0.25) is 0 Å². The summed E-state index contributed by atoms with van der Waals surface area (Å²) in [4.78, 5) is 11.2. The van der Waals surface area contributed by atoms with E-state index in [0.717, 1.165) is 5.56 Å². The lowest BCUT2D eigenvalue weighted by Crippen LogP contribution is -2.37. The minimum absolute atomic E-state index is 0.286. The number of carbonyl (C=O) groups is 1. The van der Waals surface area contributed by atoms with Crippen LogP contribution in [0.15, 0.2) is 18.2 Å². The van der Waals surface area contributed by atoms with Gasteiger partial charge >= 0.3 is 6.18 Å². The monoisotopic (exact) mass is 271 g/mol. The van der Waals surface area contributed by atoms with E-state index >= 15 is 0 Å². The van der Waals surface area contributed by atoms with Crippen molar-refractivity contribution in [2.75, 3.05) is 18.4 Å². The van der Waals surface area contributed by atoms with Gasteiger partial charge in [-0.1, -0.05) is 6.07 Å². The molecule has 1 amide bonds. The fourth-order valence-corrected chi connectivity index (χ4v) is 1.32.